The Morgan fingerprint density at radius 1 is 0.897 bits per heavy atom. The summed E-state index contributed by atoms with van der Waals surface area (Å²) in [5.74, 6) is -1.46. The van der Waals surface area contributed by atoms with Crippen LogP contribution in [0.25, 0.3) is 0 Å². The van der Waals surface area contributed by atoms with E-state index in [-0.39, 0.29) is 18.5 Å². The first-order valence-electron chi connectivity index (χ1n) is 9.09. The van der Waals surface area contributed by atoms with Crippen molar-refractivity contribution in [2.75, 3.05) is 0 Å². The van der Waals surface area contributed by atoms with Crippen LogP contribution in [0.3, 0.4) is 0 Å². The van der Waals surface area contributed by atoms with Gasteiger partial charge >= 0.3 is 0 Å². The highest BCUT2D eigenvalue weighted by Crippen LogP contribution is 2.26. The normalized spacial score (nSPS) is 14.0. The maximum absolute atomic E-state index is 13.0. The maximum atomic E-state index is 13.0. The second kappa shape index (κ2) is 7.59. The van der Waals surface area contributed by atoms with Gasteiger partial charge in [0.15, 0.2) is 0 Å². The molecule has 29 heavy (non-hydrogen) atoms. The Kier molecular flexibility index (Phi) is 4.82. The summed E-state index contributed by atoms with van der Waals surface area (Å²) in [6, 6.07) is 16.0. The van der Waals surface area contributed by atoms with E-state index in [1.165, 1.54) is 6.07 Å². The van der Waals surface area contributed by atoms with Gasteiger partial charge in [-0.05, 0) is 17.7 Å². The highest BCUT2D eigenvalue weighted by molar-refractivity contribution is 6.22. The molecule has 0 bridgehead atoms. The molecule has 3 aromatic rings. The van der Waals surface area contributed by atoms with Crippen LogP contribution in [-0.2, 0) is 17.8 Å². The first-order chi connectivity index (χ1) is 14.0. The van der Waals surface area contributed by atoms with Crippen molar-refractivity contribution in [3.05, 3.63) is 93.4 Å². The van der Waals surface area contributed by atoms with E-state index in [0.29, 0.717) is 16.8 Å². The number of fused-ring (bicyclic) bond motifs is 1. The highest BCUT2D eigenvalue weighted by atomic mass is 16.2. The lowest BCUT2D eigenvalue weighted by Crippen LogP contribution is -2.50. The number of nitrogens with zero attached hydrogens (tertiary/aromatic N) is 1. The number of hydrogen-bond donors (Lipinski definition) is 3. The molecule has 1 aromatic heterocycles. The number of aromatic nitrogens is 2. The fourth-order valence-electron chi connectivity index (χ4n) is 3.40. The smallest absolute Gasteiger partial charge is 0.264 e. The lowest BCUT2D eigenvalue weighted by molar-refractivity contribution is -0.125. The third-order valence-corrected chi connectivity index (χ3v) is 4.82. The van der Waals surface area contributed by atoms with Gasteiger partial charge in [0.25, 0.3) is 17.4 Å². The van der Waals surface area contributed by atoms with E-state index >= 15 is 0 Å². The average molecular weight is 390 g/mol. The minimum atomic E-state index is -1.02. The monoisotopic (exact) mass is 390 g/mol. The Morgan fingerprint density at radius 3 is 2.10 bits per heavy atom. The molecule has 4 rings (SSSR count). The van der Waals surface area contributed by atoms with Gasteiger partial charge in [0.05, 0.1) is 23.4 Å². The standard InChI is InChI=1S/C21H18N4O4/c26-18-11-14(23-24-18)12-22-19(27)17(10-13-6-2-1-3-7-13)25-20(28)15-8-4-5-9-16(15)21(25)29/h1-9,11,17H,10,12H2,(H,22,27)(H2,23,24,26). The Balaban J connectivity index is 1.62. The van der Waals surface area contributed by atoms with Crippen LogP contribution < -0.4 is 10.9 Å². The summed E-state index contributed by atoms with van der Waals surface area (Å²) < 4.78 is 0. The van der Waals surface area contributed by atoms with Gasteiger partial charge in [-0.15, -0.1) is 0 Å². The summed E-state index contributed by atoms with van der Waals surface area (Å²) in [6.45, 7) is 0.0615. The van der Waals surface area contributed by atoms with Crippen molar-refractivity contribution in [3.63, 3.8) is 0 Å². The summed E-state index contributed by atoms with van der Waals surface area (Å²) in [4.78, 5) is 51.0. The first kappa shape index (κ1) is 18.4. The zero-order valence-electron chi connectivity index (χ0n) is 15.3. The van der Waals surface area contributed by atoms with Crippen molar-refractivity contribution >= 4 is 17.7 Å². The molecule has 1 aliphatic rings. The molecule has 8 heteroatoms. The van der Waals surface area contributed by atoms with Gasteiger partial charge in [-0.1, -0.05) is 42.5 Å². The van der Waals surface area contributed by atoms with Crippen LogP contribution in [0.4, 0.5) is 0 Å². The Hall–Kier alpha value is -3.94. The van der Waals surface area contributed by atoms with E-state index < -0.39 is 23.8 Å². The number of carbonyl (C=O) groups excluding carboxylic acids is 3. The van der Waals surface area contributed by atoms with Crippen molar-refractivity contribution < 1.29 is 14.4 Å². The van der Waals surface area contributed by atoms with Crippen LogP contribution in [0, 0.1) is 0 Å². The number of carbonyl (C=O) groups is 3. The fraction of sp³-hybridized carbons (Fsp3) is 0.143. The second-order valence-corrected chi connectivity index (χ2v) is 6.73. The van der Waals surface area contributed by atoms with Crippen molar-refractivity contribution in [3.8, 4) is 0 Å². The van der Waals surface area contributed by atoms with Gasteiger partial charge in [-0.25, -0.2) is 0 Å². The number of amides is 3. The predicted octanol–water partition coefficient (Wildman–Crippen LogP) is 1.23. The fourth-order valence-corrected chi connectivity index (χ4v) is 3.40. The quantitative estimate of drug-likeness (QED) is 0.549. The lowest BCUT2D eigenvalue weighted by Gasteiger charge is -2.25. The van der Waals surface area contributed by atoms with Crippen LogP contribution in [-0.4, -0.2) is 38.9 Å². The molecule has 1 unspecified atom stereocenters. The maximum Gasteiger partial charge on any atom is 0.264 e. The van der Waals surface area contributed by atoms with E-state index in [0.717, 1.165) is 10.5 Å². The number of nitrogens with one attached hydrogen (secondary N) is 3. The molecule has 3 N–H and O–H groups in total. The summed E-state index contributed by atoms with van der Waals surface area (Å²) in [5.41, 5.74) is 1.58. The number of benzene rings is 2. The van der Waals surface area contributed by atoms with Crippen molar-refractivity contribution in [2.45, 2.75) is 19.0 Å². The molecule has 146 valence electrons. The second-order valence-electron chi connectivity index (χ2n) is 6.73. The number of rotatable bonds is 6. The van der Waals surface area contributed by atoms with E-state index in [4.69, 9.17) is 0 Å². The van der Waals surface area contributed by atoms with Gasteiger partial charge in [0, 0.05) is 12.5 Å². The van der Waals surface area contributed by atoms with Gasteiger partial charge < -0.3 is 10.4 Å². The molecule has 0 fully saturated rings. The number of hydrogen-bond acceptors (Lipinski definition) is 4. The van der Waals surface area contributed by atoms with E-state index in [9.17, 15) is 19.2 Å². The lowest BCUT2D eigenvalue weighted by atomic mass is 10.0. The van der Waals surface area contributed by atoms with Crippen LogP contribution >= 0.6 is 0 Å². The largest absolute Gasteiger partial charge is 0.349 e. The molecular formula is C21H18N4O4. The minimum absolute atomic E-state index is 0.0615. The van der Waals surface area contributed by atoms with Crippen molar-refractivity contribution in [1.82, 2.24) is 20.4 Å². The number of imide groups is 1. The topological polar surface area (TPSA) is 115 Å². The molecule has 0 saturated carbocycles. The van der Waals surface area contributed by atoms with E-state index in [1.54, 1.807) is 24.3 Å². The zero-order valence-corrected chi connectivity index (χ0v) is 15.3. The molecule has 2 heterocycles. The van der Waals surface area contributed by atoms with Crippen LogP contribution in [0.1, 0.15) is 32.0 Å². The first-order valence-corrected chi connectivity index (χ1v) is 9.09. The molecule has 0 saturated heterocycles. The number of H-pyrrole nitrogens is 2. The molecule has 2 aromatic carbocycles. The molecule has 0 radical (unpaired) electrons. The molecule has 3 amide bonds. The van der Waals surface area contributed by atoms with Gasteiger partial charge in [0.2, 0.25) is 5.91 Å². The van der Waals surface area contributed by atoms with E-state index in [1.807, 2.05) is 30.3 Å². The Bertz CT molecular complexity index is 1100. The molecule has 1 atom stereocenters. The van der Waals surface area contributed by atoms with Gasteiger partial charge in [0.1, 0.15) is 6.04 Å². The van der Waals surface area contributed by atoms with Crippen LogP contribution in [0.5, 0.6) is 0 Å². The third-order valence-electron chi connectivity index (χ3n) is 4.82. The van der Waals surface area contributed by atoms with Crippen LogP contribution in [0.2, 0.25) is 0 Å². The van der Waals surface area contributed by atoms with Gasteiger partial charge in [-0.2, -0.15) is 0 Å². The molecule has 0 spiro atoms. The zero-order chi connectivity index (χ0) is 20.4. The molecule has 0 aliphatic carbocycles. The number of aromatic amines is 2. The summed E-state index contributed by atoms with van der Waals surface area (Å²) >= 11 is 0. The SMILES string of the molecule is O=C(NCc1cc(=O)[nH][nH]1)C(Cc1ccccc1)N1C(=O)c2ccccc2C1=O. The molecule has 8 nitrogen and oxygen atoms in total. The van der Waals surface area contributed by atoms with Gasteiger partial charge in [-0.3, -0.25) is 29.2 Å². The summed E-state index contributed by atoms with van der Waals surface area (Å²) in [7, 11) is 0. The predicted molar refractivity (Wildman–Crippen MR) is 104 cm³/mol. The van der Waals surface area contributed by atoms with Crippen molar-refractivity contribution in [2.24, 2.45) is 0 Å². The molecule has 1 aliphatic heterocycles. The summed E-state index contributed by atoms with van der Waals surface area (Å²) in [5, 5.41) is 7.75. The highest BCUT2D eigenvalue weighted by Gasteiger charge is 2.42. The Morgan fingerprint density at radius 2 is 1.52 bits per heavy atom. The van der Waals surface area contributed by atoms with E-state index in [2.05, 4.69) is 15.5 Å². The molecular weight excluding hydrogens is 372 g/mol. The van der Waals surface area contributed by atoms with Crippen molar-refractivity contribution in [1.29, 1.82) is 0 Å². The average Bonchev–Trinajstić information content (AvgIpc) is 3.27. The van der Waals surface area contributed by atoms with Crippen LogP contribution in [0.15, 0.2) is 65.5 Å². The Labute approximate surface area is 165 Å². The summed E-state index contributed by atoms with van der Waals surface area (Å²) in [6.07, 6.45) is 0.182. The minimum Gasteiger partial charge on any atom is -0.349 e. The third kappa shape index (κ3) is 3.60.